The normalized spacial score (nSPS) is 28.3. The van der Waals surface area contributed by atoms with Crippen molar-refractivity contribution in [3.63, 3.8) is 0 Å². The largest absolute Gasteiger partial charge is 0.379 e. The van der Waals surface area contributed by atoms with Crippen LogP contribution in [0.3, 0.4) is 0 Å². The molecule has 3 heteroatoms. The van der Waals surface area contributed by atoms with Gasteiger partial charge in [-0.25, -0.2) is 0 Å². The Labute approximate surface area is 99.9 Å². The minimum absolute atomic E-state index is 0.0161. The molecule has 16 heavy (non-hydrogen) atoms. The van der Waals surface area contributed by atoms with Crippen LogP contribution in [-0.2, 0) is 9.47 Å². The van der Waals surface area contributed by atoms with Gasteiger partial charge in [-0.05, 0) is 47.1 Å². The number of methoxy groups -OCH3 is 1. The molecule has 0 saturated carbocycles. The predicted octanol–water partition coefficient (Wildman–Crippen LogP) is 2.20. The summed E-state index contributed by atoms with van der Waals surface area (Å²) >= 11 is 0. The quantitative estimate of drug-likeness (QED) is 0.757. The van der Waals surface area contributed by atoms with Crippen LogP contribution in [0.1, 0.15) is 40.0 Å². The van der Waals surface area contributed by atoms with E-state index in [1.54, 1.807) is 7.11 Å². The molecule has 1 N–H and O–H groups in total. The average molecular weight is 229 g/mol. The average Bonchev–Trinajstić information content (AvgIpc) is 2.66. The van der Waals surface area contributed by atoms with E-state index in [2.05, 4.69) is 33.1 Å². The van der Waals surface area contributed by atoms with Crippen molar-refractivity contribution in [2.45, 2.75) is 57.8 Å². The highest BCUT2D eigenvalue weighted by molar-refractivity contribution is 4.85. The van der Waals surface area contributed by atoms with Gasteiger partial charge in [-0.2, -0.15) is 0 Å². The second-order valence-corrected chi connectivity index (χ2v) is 5.43. The van der Waals surface area contributed by atoms with E-state index in [1.165, 1.54) is 6.42 Å². The maximum absolute atomic E-state index is 5.64. The Morgan fingerprint density at radius 2 is 2.19 bits per heavy atom. The summed E-state index contributed by atoms with van der Waals surface area (Å²) in [6.07, 6.45) is 3.80. The van der Waals surface area contributed by atoms with Crippen molar-refractivity contribution in [2.24, 2.45) is 5.92 Å². The summed E-state index contributed by atoms with van der Waals surface area (Å²) in [6.45, 7) is 7.39. The lowest BCUT2D eigenvalue weighted by atomic mass is 9.87. The van der Waals surface area contributed by atoms with E-state index in [9.17, 15) is 0 Å². The fourth-order valence-electron chi connectivity index (χ4n) is 2.45. The van der Waals surface area contributed by atoms with Crippen LogP contribution in [-0.4, -0.2) is 38.5 Å². The van der Waals surface area contributed by atoms with Gasteiger partial charge in [0.1, 0.15) is 0 Å². The molecular formula is C13H27NO2. The second kappa shape index (κ2) is 5.99. The Hall–Kier alpha value is -0.120. The smallest absolute Gasteiger partial charge is 0.0623 e. The number of hydrogen-bond donors (Lipinski definition) is 1. The van der Waals surface area contributed by atoms with Gasteiger partial charge in [0.2, 0.25) is 0 Å². The molecule has 0 bridgehead atoms. The SMILES string of the molecule is CNC(CCC(C)(C)OC)C1CCOC1C. The monoisotopic (exact) mass is 229 g/mol. The highest BCUT2D eigenvalue weighted by Crippen LogP contribution is 2.28. The first-order valence-corrected chi connectivity index (χ1v) is 6.34. The summed E-state index contributed by atoms with van der Waals surface area (Å²) in [4.78, 5) is 0. The van der Waals surface area contributed by atoms with Gasteiger partial charge in [-0.15, -0.1) is 0 Å². The van der Waals surface area contributed by atoms with Gasteiger partial charge in [0.05, 0.1) is 11.7 Å². The lowest BCUT2D eigenvalue weighted by Crippen LogP contribution is -2.38. The molecule has 0 aromatic rings. The third kappa shape index (κ3) is 3.72. The molecule has 3 unspecified atom stereocenters. The van der Waals surface area contributed by atoms with Gasteiger partial charge in [-0.3, -0.25) is 0 Å². The third-order valence-corrected chi connectivity index (χ3v) is 3.93. The fraction of sp³-hybridized carbons (Fsp3) is 1.00. The Morgan fingerprint density at radius 1 is 1.50 bits per heavy atom. The summed E-state index contributed by atoms with van der Waals surface area (Å²) < 4.78 is 11.1. The lowest BCUT2D eigenvalue weighted by molar-refractivity contribution is 0.00873. The number of ether oxygens (including phenoxy) is 2. The van der Waals surface area contributed by atoms with Crippen LogP contribution in [0.5, 0.6) is 0 Å². The molecule has 0 amide bonds. The minimum Gasteiger partial charge on any atom is -0.379 e. The number of hydrogen-bond acceptors (Lipinski definition) is 3. The summed E-state index contributed by atoms with van der Waals surface area (Å²) in [6, 6.07) is 0.548. The zero-order valence-electron chi connectivity index (χ0n) is 11.4. The molecule has 0 aromatic carbocycles. The van der Waals surface area contributed by atoms with Crippen LogP contribution in [0.2, 0.25) is 0 Å². The molecule has 1 aliphatic rings. The number of nitrogens with one attached hydrogen (secondary N) is 1. The zero-order chi connectivity index (χ0) is 12.2. The predicted molar refractivity (Wildman–Crippen MR) is 66.7 cm³/mol. The molecule has 1 heterocycles. The van der Waals surface area contributed by atoms with E-state index in [4.69, 9.17) is 9.47 Å². The van der Waals surface area contributed by atoms with Crippen LogP contribution in [0.4, 0.5) is 0 Å². The van der Waals surface area contributed by atoms with Crippen molar-refractivity contribution in [1.82, 2.24) is 5.32 Å². The van der Waals surface area contributed by atoms with Crippen LogP contribution in [0.15, 0.2) is 0 Å². The van der Waals surface area contributed by atoms with Gasteiger partial charge in [0, 0.05) is 25.7 Å². The standard InChI is InChI=1S/C13H27NO2/c1-10-11(7-9-16-10)12(14-4)6-8-13(2,3)15-5/h10-12,14H,6-9H2,1-5H3. The van der Waals surface area contributed by atoms with E-state index >= 15 is 0 Å². The summed E-state index contributed by atoms with van der Waals surface area (Å²) in [5.41, 5.74) is -0.0161. The van der Waals surface area contributed by atoms with Gasteiger partial charge in [0.25, 0.3) is 0 Å². The molecule has 1 fully saturated rings. The molecule has 3 atom stereocenters. The summed E-state index contributed by atoms with van der Waals surface area (Å²) in [7, 11) is 3.84. The van der Waals surface area contributed by atoms with Crippen molar-refractivity contribution in [3.8, 4) is 0 Å². The van der Waals surface area contributed by atoms with Gasteiger partial charge < -0.3 is 14.8 Å². The Morgan fingerprint density at radius 3 is 2.62 bits per heavy atom. The Bertz CT molecular complexity index is 206. The third-order valence-electron chi connectivity index (χ3n) is 3.93. The Kier molecular flexibility index (Phi) is 5.22. The van der Waals surface area contributed by atoms with Gasteiger partial charge >= 0.3 is 0 Å². The molecule has 1 rings (SSSR count). The van der Waals surface area contributed by atoms with E-state index in [0.717, 1.165) is 19.4 Å². The van der Waals surface area contributed by atoms with Crippen molar-refractivity contribution < 1.29 is 9.47 Å². The molecular weight excluding hydrogens is 202 g/mol. The molecule has 96 valence electrons. The number of rotatable bonds is 6. The van der Waals surface area contributed by atoms with Crippen LogP contribution >= 0.6 is 0 Å². The van der Waals surface area contributed by atoms with Crippen LogP contribution < -0.4 is 5.32 Å². The van der Waals surface area contributed by atoms with E-state index in [1.807, 2.05) is 0 Å². The first-order valence-electron chi connectivity index (χ1n) is 6.34. The first-order chi connectivity index (χ1) is 7.50. The molecule has 0 radical (unpaired) electrons. The topological polar surface area (TPSA) is 30.5 Å². The fourth-order valence-corrected chi connectivity index (χ4v) is 2.45. The second-order valence-electron chi connectivity index (χ2n) is 5.43. The van der Waals surface area contributed by atoms with Crippen LogP contribution in [0, 0.1) is 5.92 Å². The highest BCUT2D eigenvalue weighted by atomic mass is 16.5. The van der Waals surface area contributed by atoms with Crippen molar-refractivity contribution >= 4 is 0 Å². The maximum atomic E-state index is 5.64. The van der Waals surface area contributed by atoms with E-state index < -0.39 is 0 Å². The van der Waals surface area contributed by atoms with Crippen molar-refractivity contribution in [2.75, 3.05) is 20.8 Å². The van der Waals surface area contributed by atoms with E-state index in [-0.39, 0.29) is 5.60 Å². The summed E-state index contributed by atoms with van der Waals surface area (Å²) in [5.74, 6) is 0.651. The van der Waals surface area contributed by atoms with Crippen molar-refractivity contribution in [3.05, 3.63) is 0 Å². The molecule has 0 aliphatic carbocycles. The minimum atomic E-state index is -0.0161. The first kappa shape index (κ1) is 13.9. The molecule has 3 nitrogen and oxygen atoms in total. The molecule has 0 spiro atoms. The van der Waals surface area contributed by atoms with Crippen molar-refractivity contribution in [1.29, 1.82) is 0 Å². The van der Waals surface area contributed by atoms with Crippen LogP contribution in [0.25, 0.3) is 0 Å². The summed E-state index contributed by atoms with van der Waals surface area (Å²) in [5, 5.41) is 3.44. The highest BCUT2D eigenvalue weighted by Gasteiger charge is 2.31. The molecule has 0 aromatic heterocycles. The van der Waals surface area contributed by atoms with Gasteiger partial charge in [0.15, 0.2) is 0 Å². The molecule has 1 aliphatic heterocycles. The zero-order valence-corrected chi connectivity index (χ0v) is 11.4. The van der Waals surface area contributed by atoms with E-state index in [0.29, 0.717) is 18.1 Å². The van der Waals surface area contributed by atoms with Gasteiger partial charge in [-0.1, -0.05) is 0 Å². The lowest BCUT2D eigenvalue weighted by Gasteiger charge is -2.29. The Balaban J connectivity index is 2.43. The molecule has 1 saturated heterocycles. The maximum Gasteiger partial charge on any atom is 0.0623 e.